The molecule has 2 saturated heterocycles. The third-order valence-corrected chi connectivity index (χ3v) is 11.5. The minimum Gasteiger partial charge on any atom is -0.461 e. The summed E-state index contributed by atoms with van der Waals surface area (Å²) in [6.45, 7) is 7.81. The van der Waals surface area contributed by atoms with E-state index in [1.165, 1.54) is 18.4 Å². The number of hydrogen-bond acceptors (Lipinski definition) is 5. The molecule has 1 unspecified atom stereocenters. The second-order valence-electron chi connectivity index (χ2n) is 12.7. The van der Waals surface area contributed by atoms with Crippen molar-refractivity contribution < 1.29 is 23.8 Å². The molecule has 4 aliphatic carbocycles. The zero-order valence-electron chi connectivity index (χ0n) is 21.2. The summed E-state index contributed by atoms with van der Waals surface area (Å²) in [4.78, 5) is 26.0. The molecule has 0 amide bonds. The van der Waals surface area contributed by atoms with Gasteiger partial charge in [0.25, 0.3) is 0 Å². The molecule has 6 aliphatic rings. The van der Waals surface area contributed by atoms with Crippen molar-refractivity contribution in [2.75, 3.05) is 20.3 Å². The van der Waals surface area contributed by atoms with E-state index in [9.17, 15) is 9.59 Å². The van der Waals surface area contributed by atoms with Gasteiger partial charge in [-0.05, 0) is 87.5 Å². The highest BCUT2D eigenvalue weighted by molar-refractivity contribution is 5.98. The minimum absolute atomic E-state index is 0.0573. The molecule has 2 bridgehead atoms. The Morgan fingerprint density at radius 1 is 1.06 bits per heavy atom. The number of rotatable bonds is 3. The summed E-state index contributed by atoms with van der Waals surface area (Å²) in [5.41, 5.74) is 0.784. The van der Waals surface area contributed by atoms with Gasteiger partial charge in [0.2, 0.25) is 0 Å². The lowest BCUT2D eigenvalue weighted by atomic mass is 9.47. The first-order valence-electron chi connectivity index (χ1n) is 13.5. The lowest BCUT2D eigenvalue weighted by Gasteiger charge is -2.58. The van der Waals surface area contributed by atoms with Gasteiger partial charge in [-0.15, -0.1) is 0 Å². The molecule has 0 aromatic carbocycles. The lowest BCUT2D eigenvalue weighted by Crippen LogP contribution is -2.61. The average Bonchev–Trinajstić information content (AvgIpc) is 3.15. The Hall–Kier alpha value is -1.46. The third kappa shape index (κ3) is 2.98. The molecular formula is C29H40O5. The molecule has 2 heterocycles. The van der Waals surface area contributed by atoms with Gasteiger partial charge >= 0.3 is 5.97 Å². The van der Waals surface area contributed by atoms with E-state index in [-0.39, 0.29) is 34.7 Å². The van der Waals surface area contributed by atoms with Gasteiger partial charge in [0.15, 0.2) is 5.78 Å². The predicted octanol–water partition coefficient (Wildman–Crippen LogP) is 4.89. The number of esters is 1. The second kappa shape index (κ2) is 7.77. The molecular weight excluding hydrogens is 428 g/mol. The molecule has 4 fully saturated rings. The third-order valence-electron chi connectivity index (χ3n) is 11.5. The molecule has 0 spiro atoms. The summed E-state index contributed by atoms with van der Waals surface area (Å²) in [6.07, 6.45) is 13.7. The molecule has 0 N–H and O–H groups in total. The van der Waals surface area contributed by atoms with Crippen molar-refractivity contribution in [1.82, 2.24) is 0 Å². The molecule has 2 saturated carbocycles. The van der Waals surface area contributed by atoms with Crippen LogP contribution in [0, 0.1) is 46.3 Å². The second-order valence-corrected chi connectivity index (χ2v) is 12.7. The summed E-state index contributed by atoms with van der Waals surface area (Å²) < 4.78 is 17.9. The maximum atomic E-state index is 13.1. The molecule has 6 rings (SSSR count). The van der Waals surface area contributed by atoms with Crippen molar-refractivity contribution in [2.24, 2.45) is 46.3 Å². The SMILES string of the molecule is COCC1C(=O)O[C@@H]2C[C@@]1(C)OC[C@H]2[C@H]1CC[C@H]2[C@@H]3CC=C4CC=CC(=O)[C@]4(C)[C@H]3CC[C@]12C. The van der Waals surface area contributed by atoms with Crippen LogP contribution in [0.2, 0.25) is 0 Å². The molecule has 34 heavy (non-hydrogen) atoms. The number of ether oxygens (including phenoxy) is 3. The topological polar surface area (TPSA) is 61.8 Å². The molecule has 0 radical (unpaired) electrons. The number of carbonyl (C=O) groups excluding carboxylic acids is 2. The number of hydrogen-bond donors (Lipinski definition) is 0. The molecule has 2 aliphatic heterocycles. The summed E-state index contributed by atoms with van der Waals surface area (Å²) in [7, 11) is 1.63. The fourth-order valence-corrected chi connectivity index (χ4v) is 9.55. The van der Waals surface area contributed by atoms with Crippen molar-refractivity contribution in [2.45, 2.75) is 77.4 Å². The van der Waals surface area contributed by atoms with Crippen molar-refractivity contribution >= 4 is 11.8 Å². The van der Waals surface area contributed by atoms with Crippen LogP contribution in [-0.2, 0) is 23.8 Å². The Morgan fingerprint density at radius 2 is 1.82 bits per heavy atom. The van der Waals surface area contributed by atoms with E-state index in [0.717, 1.165) is 32.1 Å². The van der Waals surface area contributed by atoms with E-state index in [1.807, 2.05) is 12.2 Å². The Bertz CT molecular complexity index is 952. The molecule has 5 nitrogen and oxygen atoms in total. The number of fused-ring (bicyclic) bond motifs is 7. The number of carbonyl (C=O) groups is 2. The first-order chi connectivity index (χ1) is 16.2. The standard InChI is InChI=1S/C29H40O5/c1-27-13-12-22-18(9-8-17-6-5-7-25(30)29(17,22)3)20(27)10-11-21(27)19-15-33-28(2)14-24(19)34-26(31)23(28)16-32-4/h5,7-8,18-24H,6,9-16H2,1-4H3/t18-,19-,20-,21+,22-,23?,24+,27-,28+,29-/m0/s1. The van der Waals surface area contributed by atoms with E-state index >= 15 is 0 Å². The van der Waals surface area contributed by atoms with Gasteiger partial charge in [-0.3, -0.25) is 9.59 Å². The summed E-state index contributed by atoms with van der Waals surface area (Å²) >= 11 is 0. The highest BCUT2D eigenvalue weighted by Gasteiger charge is 2.63. The molecule has 0 aromatic rings. The van der Waals surface area contributed by atoms with Gasteiger partial charge in [0, 0.05) is 19.4 Å². The van der Waals surface area contributed by atoms with Crippen LogP contribution in [0.3, 0.4) is 0 Å². The molecule has 186 valence electrons. The number of ketones is 1. The first-order valence-corrected chi connectivity index (χ1v) is 13.5. The Kier molecular flexibility index (Phi) is 5.25. The van der Waals surface area contributed by atoms with Crippen molar-refractivity contribution in [3.63, 3.8) is 0 Å². The average molecular weight is 469 g/mol. The maximum absolute atomic E-state index is 13.1. The van der Waals surface area contributed by atoms with Gasteiger partial charge in [-0.1, -0.05) is 24.6 Å². The smallest absolute Gasteiger partial charge is 0.314 e. The van der Waals surface area contributed by atoms with E-state index in [4.69, 9.17) is 14.2 Å². The van der Waals surface area contributed by atoms with Crippen LogP contribution in [0.4, 0.5) is 0 Å². The first kappa shape index (κ1) is 23.0. The Labute approximate surface area is 203 Å². The summed E-state index contributed by atoms with van der Waals surface area (Å²) in [5, 5.41) is 0. The van der Waals surface area contributed by atoms with Crippen LogP contribution >= 0.6 is 0 Å². The molecule has 10 atom stereocenters. The van der Waals surface area contributed by atoms with Crippen molar-refractivity contribution in [3.8, 4) is 0 Å². The molecule has 5 heteroatoms. The van der Waals surface area contributed by atoms with Gasteiger partial charge in [0.05, 0.1) is 24.2 Å². The Morgan fingerprint density at radius 3 is 2.59 bits per heavy atom. The minimum atomic E-state index is -0.489. The number of methoxy groups -OCH3 is 1. The van der Waals surface area contributed by atoms with Crippen LogP contribution in [0.15, 0.2) is 23.8 Å². The van der Waals surface area contributed by atoms with Crippen molar-refractivity contribution in [1.29, 1.82) is 0 Å². The maximum Gasteiger partial charge on any atom is 0.314 e. The van der Waals surface area contributed by atoms with Gasteiger partial charge in [-0.25, -0.2) is 0 Å². The zero-order chi connectivity index (χ0) is 23.9. The summed E-state index contributed by atoms with van der Waals surface area (Å²) in [6, 6.07) is 0. The van der Waals surface area contributed by atoms with Gasteiger partial charge < -0.3 is 14.2 Å². The lowest BCUT2D eigenvalue weighted by molar-refractivity contribution is -0.241. The van der Waals surface area contributed by atoms with Crippen molar-refractivity contribution in [3.05, 3.63) is 23.8 Å². The highest BCUT2D eigenvalue weighted by atomic mass is 16.6. The van der Waals surface area contributed by atoms with Crippen LogP contribution in [0.25, 0.3) is 0 Å². The fourth-order valence-electron chi connectivity index (χ4n) is 9.55. The van der Waals surface area contributed by atoms with Crippen LogP contribution in [0.1, 0.15) is 65.7 Å². The van der Waals surface area contributed by atoms with Crippen LogP contribution in [-0.4, -0.2) is 43.8 Å². The highest BCUT2D eigenvalue weighted by Crippen LogP contribution is 2.67. The van der Waals surface area contributed by atoms with Crippen LogP contribution < -0.4 is 0 Å². The fraction of sp³-hybridized carbons (Fsp3) is 0.793. The van der Waals surface area contributed by atoms with Crippen LogP contribution in [0.5, 0.6) is 0 Å². The van der Waals surface area contributed by atoms with E-state index in [1.54, 1.807) is 7.11 Å². The van der Waals surface area contributed by atoms with Gasteiger partial charge in [0.1, 0.15) is 12.0 Å². The molecule has 0 aromatic heterocycles. The quantitative estimate of drug-likeness (QED) is 0.436. The number of allylic oxidation sites excluding steroid dienone is 4. The summed E-state index contributed by atoms with van der Waals surface area (Å²) in [5.74, 6) is 2.23. The van der Waals surface area contributed by atoms with E-state index < -0.39 is 5.60 Å². The van der Waals surface area contributed by atoms with E-state index in [2.05, 4.69) is 26.8 Å². The monoisotopic (exact) mass is 468 g/mol. The van der Waals surface area contributed by atoms with E-state index in [0.29, 0.717) is 42.7 Å². The van der Waals surface area contributed by atoms with Gasteiger partial charge in [-0.2, -0.15) is 0 Å². The zero-order valence-corrected chi connectivity index (χ0v) is 21.2. The Balaban J connectivity index is 1.25. The largest absolute Gasteiger partial charge is 0.461 e. The normalized spacial score (nSPS) is 51.8. The predicted molar refractivity (Wildman–Crippen MR) is 128 cm³/mol.